The predicted molar refractivity (Wildman–Crippen MR) is 344 cm³/mol. The number of allylic oxidation sites excluding steroid dienone is 4. The van der Waals surface area contributed by atoms with Crippen molar-refractivity contribution in [2.45, 2.75) is 208 Å². The van der Waals surface area contributed by atoms with Crippen LogP contribution in [0.2, 0.25) is 0 Å². The average molecular weight is 1180 g/mol. The third kappa shape index (κ3) is 15.7. The first-order chi connectivity index (χ1) is 41.3. The Bertz CT molecular complexity index is 3240. The Balaban J connectivity index is 0.997. The van der Waals surface area contributed by atoms with Gasteiger partial charge in [0.1, 0.15) is 0 Å². The van der Waals surface area contributed by atoms with Gasteiger partial charge in [-0.2, -0.15) is 0 Å². The third-order valence-electron chi connectivity index (χ3n) is 18.2. The molecule has 0 spiro atoms. The van der Waals surface area contributed by atoms with Gasteiger partial charge in [0.15, 0.2) is 0 Å². The molecule has 0 aromatic heterocycles. The highest BCUT2D eigenvalue weighted by molar-refractivity contribution is 6.07. The lowest BCUT2D eigenvalue weighted by Gasteiger charge is -2.47. The van der Waals surface area contributed by atoms with E-state index in [4.69, 9.17) is 52.9 Å². The summed E-state index contributed by atoms with van der Waals surface area (Å²) in [5, 5.41) is 3.22. The molecular weight excluding hydrogens is 1090 g/mol. The number of hydrogen-bond acceptors (Lipinski definition) is 12. The molecule has 1 N–H and O–H groups in total. The fraction of sp³-hybridized carbons (Fsp3) is 0.514. The molecule has 0 radical (unpaired) electrons. The molecule has 6 aliphatic heterocycles. The summed E-state index contributed by atoms with van der Waals surface area (Å²) in [5.74, 6) is -0.0430. The van der Waals surface area contributed by atoms with Gasteiger partial charge >= 0.3 is 0 Å². The van der Waals surface area contributed by atoms with Crippen LogP contribution in [0, 0.1) is 21.7 Å². The maximum Gasteiger partial charge on any atom is 0.225 e. The Morgan fingerprint density at radius 2 is 0.943 bits per heavy atom. The summed E-state index contributed by atoms with van der Waals surface area (Å²) >= 11 is 0. The SMILES string of the molecule is C=C1N=C(/C=C2/CC(C)(COC(C)(C)C)C(/C=C3\N=C(C=C4NC(=O)CC4(C)COC(C)(C)C)C[C@@]3(C)[C@@H]3O[C@H](C)[C@H](OCc4ccccc4)C[C@H]3OCc3ccccc3)=N2)C[C@@]1(C)[C@@H]1O[C@H](C)[C@H](OCc2ccccc2)C[C@H]1OCc1ccccc1. The monoisotopic (exact) mass is 1180 g/mol. The van der Waals surface area contributed by atoms with Gasteiger partial charge in [0.25, 0.3) is 0 Å². The fourth-order valence-corrected chi connectivity index (χ4v) is 12.9. The molecule has 87 heavy (non-hydrogen) atoms. The summed E-state index contributed by atoms with van der Waals surface area (Å²) in [6, 6.07) is 41.1. The van der Waals surface area contributed by atoms with Crippen LogP contribution in [0.25, 0.3) is 0 Å². The topological polar surface area (TPSA) is 140 Å². The maximum absolute atomic E-state index is 13.4. The Morgan fingerprint density at radius 1 is 0.529 bits per heavy atom. The second-order valence-corrected chi connectivity index (χ2v) is 28.2. The first-order valence-corrected chi connectivity index (χ1v) is 31.4. The van der Waals surface area contributed by atoms with Crippen LogP contribution >= 0.6 is 0 Å². The molecule has 4 aromatic rings. The van der Waals surface area contributed by atoms with Gasteiger partial charge in [0, 0.05) is 88.7 Å². The number of carbonyl (C=O) groups excluding carboxylic acids is 1. The minimum atomic E-state index is -0.745. The molecule has 10 rings (SSSR count). The summed E-state index contributed by atoms with van der Waals surface area (Å²) in [7, 11) is 0. The van der Waals surface area contributed by atoms with Gasteiger partial charge in [-0.3, -0.25) is 19.8 Å². The largest absolute Gasteiger partial charge is 0.375 e. The Labute approximate surface area is 517 Å². The van der Waals surface area contributed by atoms with Crippen LogP contribution in [-0.4, -0.2) is 96.3 Å². The van der Waals surface area contributed by atoms with E-state index < -0.39 is 39.0 Å². The van der Waals surface area contributed by atoms with Gasteiger partial charge < -0.3 is 43.2 Å². The van der Waals surface area contributed by atoms with Crippen LogP contribution < -0.4 is 5.32 Å². The van der Waals surface area contributed by atoms with Crippen LogP contribution in [0.1, 0.15) is 144 Å². The Morgan fingerprint density at radius 3 is 1.40 bits per heavy atom. The molecule has 6 aliphatic rings. The normalized spacial score (nSPS) is 32.7. The molecule has 464 valence electrons. The Hall–Kier alpha value is -6.00. The van der Waals surface area contributed by atoms with Crippen LogP contribution in [0.4, 0.5) is 0 Å². The molecule has 2 unspecified atom stereocenters. The highest BCUT2D eigenvalue weighted by atomic mass is 16.6. The lowest BCUT2D eigenvalue weighted by Crippen LogP contribution is -2.54. The highest BCUT2D eigenvalue weighted by Gasteiger charge is 2.54. The second-order valence-electron chi connectivity index (χ2n) is 28.2. The fourth-order valence-electron chi connectivity index (χ4n) is 12.9. The zero-order valence-electron chi connectivity index (χ0n) is 53.6. The summed E-state index contributed by atoms with van der Waals surface area (Å²) in [4.78, 5) is 29.8. The van der Waals surface area contributed by atoms with E-state index >= 15 is 0 Å². The minimum Gasteiger partial charge on any atom is -0.375 e. The van der Waals surface area contributed by atoms with Crippen molar-refractivity contribution >= 4 is 23.0 Å². The van der Waals surface area contributed by atoms with Crippen molar-refractivity contribution in [3.8, 4) is 0 Å². The van der Waals surface area contributed by atoms with E-state index in [0.717, 1.165) is 62.2 Å². The molecule has 6 heterocycles. The smallest absolute Gasteiger partial charge is 0.225 e. The van der Waals surface area contributed by atoms with Gasteiger partial charge in [-0.25, -0.2) is 0 Å². The van der Waals surface area contributed by atoms with Crippen molar-refractivity contribution in [1.29, 1.82) is 0 Å². The number of carbonyl (C=O) groups is 1. The number of hydrogen-bond donors (Lipinski definition) is 1. The summed E-state index contributed by atoms with van der Waals surface area (Å²) in [5.41, 5.74) is 6.88. The van der Waals surface area contributed by atoms with E-state index in [1.54, 1.807) is 0 Å². The van der Waals surface area contributed by atoms with Crippen LogP contribution in [0.5, 0.6) is 0 Å². The maximum atomic E-state index is 13.4. The van der Waals surface area contributed by atoms with E-state index in [2.05, 4.69) is 141 Å². The molecular formula is C74H94N4O9. The lowest BCUT2D eigenvalue weighted by molar-refractivity contribution is -0.220. The van der Waals surface area contributed by atoms with Gasteiger partial charge in [-0.05, 0) is 95.9 Å². The number of rotatable bonds is 21. The van der Waals surface area contributed by atoms with E-state index in [-0.39, 0.29) is 48.6 Å². The zero-order chi connectivity index (χ0) is 61.8. The predicted octanol–water partition coefficient (Wildman–Crippen LogP) is 14.6. The number of ether oxygens (including phenoxy) is 8. The van der Waals surface area contributed by atoms with Crippen molar-refractivity contribution in [1.82, 2.24) is 5.32 Å². The van der Waals surface area contributed by atoms with Crippen molar-refractivity contribution in [3.05, 3.63) is 191 Å². The van der Waals surface area contributed by atoms with E-state index in [1.165, 1.54) is 0 Å². The molecule has 13 heteroatoms. The summed E-state index contributed by atoms with van der Waals surface area (Å²) in [6.07, 6.45) is 7.29. The highest BCUT2D eigenvalue weighted by Crippen LogP contribution is 2.51. The van der Waals surface area contributed by atoms with Crippen LogP contribution in [0.3, 0.4) is 0 Å². The minimum absolute atomic E-state index is 0.0430. The van der Waals surface area contributed by atoms with Gasteiger partial charge in [-0.15, -0.1) is 0 Å². The number of nitrogens with zero attached hydrogens (tertiary/aromatic N) is 3. The molecule has 0 aliphatic carbocycles. The van der Waals surface area contributed by atoms with E-state index in [9.17, 15) is 4.79 Å². The molecule has 4 aromatic carbocycles. The lowest BCUT2D eigenvalue weighted by atomic mass is 9.72. The first kappa shape index (κ1) is 64.0. The van der Waals surface area contributed by atoms with Crippen molar-refractivity contribution in [2.75, 3.05) is 13.2 Å². The molecule has 13 nitrogen and oxygen atoms in total. The molecule has 0 saturated carbocycles. The number of benzene rings is 4. The second kappa shape index (κ2) is 26.6. The number of nitrogens with one attached hydrogen (secondary N) is 1. The van der Waals surface area contributed by atoms with E-state index in [1.807, 2.05) is 93.6 Å². The quantitative estimate of drug-likeness (QED) is 0.0863. The van der Waals surface area contributed by atoms with Crippen LogP contribution in [0.15, 0.2) is 184 Å². The molecule has 3 fully saturated rings. The van der Waals surface area contributed by atoms with Crippen molar-refractivity contribution in [3.63, 3.8) is 0 Å². The summed E-state index contributed by atoms with van der Waals surface area (Å²) in [6.45, 7) is 32.6. The molecule has 1 amide bonds. The molecule has 3 saturated heterocycles. The van der Waals surface area contributed by atoms with Gasteiger partial charge in [0.05, 0.1) is 111 Å². The third-order valence-corrected chi connectivity index (χ3v) is 18.2. The summed E-state index contributed by atoms with van der Waals surface area (Å²) < 4.78 is 54.8. The van der Waals surface area contributed by atoms with Gasteiger partial charge in [-0.1, -0.05) is 156 Å². The molecule has 0 bridgehead atoms. The zero-order valence-corrected chi connectivity index (χ0v) is 53.6. The Kier molecular flexibility index (Phi) is 19.6. The first-order valence-electron chi connectivity index (χ1n) is 31.4. The van der Waals surface area contributed by atoms with Gasteiger partial charge in [0.2, 0.25) is 5.91 Å². The average Bonchev–Trinajstić information content (AvgIpc) is 1.70. The standard InChI is InChI=1S/C74H94N4O9/c1-49-59(80-43-52-26-18-14-19-27-52)36-61(82-45-54-30-22-16-23-31-54)67(86-49)73(12)40-57(75-51(73)3)34-56-39-71(10,47-84-69(4,5)6)64(76-56)38-65-74(13,41-58(77-65)35-63-72(11,42-66(79)78-63)48-85-70(7,8)9)68-62(83-46-55-32-24-17-25-33-55)37-60(50(2)87-68)81-44-53-28-20-15-21-29-53/h14-35,38,49-50,59-62,67-68H,3,36-37,39-48H2,1-2,4-13H3,(H,78,79)/b56-34-,63-35?,65-38-/t49-,50-,59-,60-,61-,62-,67-,68-,71?,72?,73-,74-/m1/s1. The van der Waals surface area contributed by atoms with Crippen molar-refractivity contribution in [2.24, 2.45) is 36.6 Å². The molecule has 12 atom stereocenters. The number of amides is 1. The number of aliphatic imine (C=N–C) groups is 3. The van der Waals surface area contributed by atoms with Crippen LogP contribution in [-0.2, 0) is 69.1 Å². The van der Waals surface area contributed by atoms with E-state index in [0.29, 0.717) is 78.2 Å². The van der Waals surface area contributed by atoms with Crippen molar-refractivity contribution < 1.29 is 42.7 Å².